The van der Waals surface area contributed by atoms with Crippen molar-refractivity contribution in [3.63, 3.8) is 0 Å². The second kappa shape index (κ2) is 7.79. The lowest BCUT2D eigenvalue weighted by atomic mass is 10.2. The molecular weight excluding hydrogens is 358 g/mol. The van der Waals surface area contributed by atoms with Crippen LogP contribution in [0.2, 0.25) is 0 Å². The highest BCUT2D eigenvalue weighted by atomic mass is 32.2. The summed E-state index contributed by atoms with van der Waals surface area (Å²) >= 11 is 0.819. The lowest BCUT2D eigenvalue weighted by Gasteiger charge is -2.14. The molecule has 1 aromatic carbocycles. The molecule has 1 saturated heterocycles. The summed E-state index contributed by atoms with van der Waals surface area (Å²) < 4.78 is 10.5. The maximum atomic E-state index is 12.4. The number of nitrogens with one attached hydrogen (secondary N) is 1. The molecule has 3 rings (SSSR count). The zero-order valence-electron chi connectivity index (χ0n) is 14.5. The number of likely N-dealkylation sites (N-methyl/N-ethyl adjacent to an activating group) is 1. The summed E-state index contributed by atoms with van der Waals surface area (Å²) in [5.41, 5.74) is 0.718. The Balaban J connectivity index is 1.64. The van der Waals surface area contributed by atoms with Crippen LogP contribution in [0.25, 0.3) is 6.08 Å². The number of fused-ring (bicyclic) bond motifs is 1. The third-order valence-corrected chi connectivity index (χ3v) is 4.66. The first-order valence-electron chi connectivity index (χ1n) is 8.00. The summed E-state index contributed by atoms with van der Waals surface area (Å²) in [4.78, 5) is 39.6. The van der Waals surface area contributed by atoms with Crippen molar-refractivity contribution in [2.24, 2.45) is 0 Å². The van der Waals surface area contributed by atoms with E-state index in [-0.39, 0.29) is 24.2 Å². The van der Waals surface area contributed by atoms with E-state index in [1.54, 1.807) is 24.3 Å². The largest absolute Gasteiger partial charge is 0.454 e. The molecule has 2 aliphatic heterocycles. The van der Waals surface area contributed by atoms with Crippen molar-refractivity contribution in [1.82, 2.24) is 15.1 Å². The van der Waals surface area contributed by atoms with Gasteiger partial charge < -0.3 is 19.7 Å². The quantitative estimate of drug-likeness (QED) is 0.744. The van der Waals surface area contributed by atoms with E-state index >= 15 is 0 Å². The molecular formula is C17H19N3O5S. The van der Waals surface area contributed by atoms with Crippen LogP contribution in [0.5, 0.6) is 11.5 Å². The molecule has 2 heterocycles. The molecule has 8 nitrogen and oxygen atoms in total. The highest BCUT2D eigenvalue weighted by Crippen LogP contribution is 2.36. The van der Waals surface area contributed by atoms with Crippen LogP contribution in [0.15, 0.2) is 23.1 Å². The molecule has 3 amide bonds. The van der Waals surface area contributed by atoms with Gasteiger partial charge in [-0.05, 0) is 49.6 Å². The number of hydrogen-bond acceptors (Lipinski definition) is 7. The highest BCUT2D eigenvalue weighted by Gasteiger charge is 2.36. The van der Waals surface area contributed by atoms with Gasteiger partial charge in [0, 0.05) is 13.1 Å². The maximum Gasteiger partial charge on any atom is 0.294 e. The van der Waals surface area contributed by atoms with Crippen molar-refractivity contribution in [2.75, 3.05) is 40.5 Å². The average Bonchev–Trinajstić information content (AvgIpc) is 3.14. The van der Waals surface area contributed by atoms with Crippen molar-refractivity contribution < 1.29 is 23.9 Å². The zero-order valence-corrected chi connectivity index (χ0v) is 15.3. The van der Waals surface area contributed by atoms with Crippen LogP contribution in [0, 0.1) is 0 Å². The van der Waals surface area contributed by atoms with Gasteiger partial charge in [0.15, 0.2) is 11.5 Å². The highest BCUT2D eigenvalue weighted by molar-refractivity contribution is 8.18. The van der Waals surface area contributed by atoms with Gasteiger partial charge in [-0.25, -0.2) is 0 Å². The molecule has 0 atom stereocenters. The van der Waals surface area contributed by atoms with Gasteiger partial charge in [0.25, 0.3) is 11.1 Å². The molecule has 0 bridgehead atoms. The molecule has 9 heteroatoms. The monoisotopic (exact) mass is 377 g/mol. The Kier molecular flexibility index (Phi) is 5.48. The first-order valence-corrected chi connectivity index (χ1v) is 8.82. The number of imide groups is 1. The van der Waals surface area contributed by atoms with Gasteiger partial charge in [-0.3, -0.25) is 19.3 Å². The lowest BCUT2D eigenvalue weighted by molar-refractivity contribution is -0.129. The van der Waals surface area contributed by atoms with Gasteiger partial charge in [0.2, 0.25) is 12.7 Å². The summed E-state index contributed by atoms with van der Waals surface area (Å²) in [6, 6.07) is 5.26. The molecule has 2 aliphatic rings. The Morgan fingerprint density at radius 3 is 2.85 bits per heavy atom. The molecule has 1 N–H and O–H groups in total. The fraction of sp³-hybridized carbons (Fsp3) is 0.353. The number of thioether (sulfide) groups is 1. The molecule has 0 aromatic heterocycles. The number of carbonyl (C=O) groups excluding carboxylic acids is 3. The second-order valence-electron chi connectivity index (χ2n) is 6.03. The summed E-state index contributed by atoms with van der Waals surface area (Å²) in [7, 11) is 3.78. The first kappa shape index (κ1) is 18.3. The number of carbonyl (C=O) groups is 3. The van der Waals surface area contributed by atoms with Gasteiger partial charge in [0.1, 0.15) is 6.54 Å². The molecule has 0 radical (unpaired) electrons. The fourth-order valence-electron chi connectivity index (χ4n) is 2.41. The van der Waals surface area contributed by atoms with E-state index in [9.17, 15) is 14.4 Å². The topological polar surface area (TPSA) is 88.2 Å². The summed E-state index contributed by atoms with van der Waals surface area (Å²) in [5.74, 6) is 0.404. The minimum atomic E-state index is -0.472. The number of hydrogen-bond donors (Lipinski definition) is 1. The second-order valence-corrected chi connectivity index (χ2v) is 7.03. The van der Waals surface area contributed by atoms with Crippen molar-refractivity contribution in [3.8, 4) is 11.5 Å². The predicted molar refractivity (Wildman–Crippen MR) is 96.8 cm³/mol. The van der Waals surface area contributed by atoms with Crippen LogP contribution in [0.1, 0.15) is 5.56 Å². The minimum Gasteiger partial charge on any atom is -0.454 e. The Morgan fingerprint density at radius 2 is 2.08 bits per heavy atom. The molecule has 0 aliphatic carbocycles. The van der Waals surface area contributed by atoms with E-state index in [4.69, 9.17) is 9.47 Å². The lowest BCUT2D eigenvalue weighted by Crippen LogP contribution is -2.41. The Bertz CT molecular complexity index is 778. The van der Waals surface area contributed by atoms with Gasteiger partial charge in [-0.2, -0.15) is 0 Å². The number of rotatable bonds is 6. The normalized spacial score (nSPS) is 17.5. The van der Waals surface area contributed by atoms with E-state index in [2.05, 4.69) is 5.32 Å². The zero-order chi connectivity index (χ0) is 18.7. The van der Waals surface area contributed by atoms with E-state index in [0.29, 0.717) is 24.6 Å². The van der Waals surface area contributed by atoms with Gasteiger partial charge in [-0.1, -0.05) is 6.07 Å². The fourth-order valence-corrected chi connectivity index (χ4v) is 3.25. The SMILES string of the molecule is CN(C)CCNC(=O)CN1C(=O)SC(=Cc2ccc3c(c2)OCO3)C1=O. The summed E-state index contributed by atoms with van der Waals surface area (Å²) in [6.07, 6.45) is 1.61. The van der Waals surface area contributed by atoms with Crippen molar-refractivity contribution in [3.05, 3.63) is 28.7 Å². The number of benzene rings is 1. The number of ether oxygens (including phenoxy) is 2. The van der Waals surface area contributed by atoms with Crippen LogP contribution in [0.3, 0.4) is 0 Å². The Labute approximate surface area is 155 Å². The Morgan fingerprint density at radius 1 is 1.31 bits per heavy atom. The van der Waals surface area contributed by atoms with Gasteiger partial charge in [0.05, 0.1) is 4.91 Å². The van der Waals surface area contributed by atoms with Gasteiger partial charge >= 0.3 is 0 Å². The number of amides is 3. The first-order chi connectivity index (χ1) is 12.4. The smallest absolute Gasteiger partial charge is 0.294 e. The molecule has 138 valence electrons. The predicted octanol–water partition coefficient (Wildman–Crippen LogP) is 1.13. The third kappa shape index (κ3) is 4.17. The molecule has 0 saturated carbocycles. The van der Waals surface area contributed by atoms with Crippen LogP contribution >= 0.6 is 11.8 Å². The molecule has 1 fully saturated rings. The van der Waals surface area contributed by atoms with Crippen molar-refractivity contribution in [2.45, 2.75) is 0 Å². The molecule has 0 spiro atoms. The van der Waals surface area contributed by atoms with Crippen molar-refractivity contribution in [1.29, 1.82) is 0 Å². The van der Waals surface area contributed by atoms with Crippen LogP contribution in [-0.4, -0.2) is 67.4 Å². The molecule has 0 unspecified atom stereocenters. The van der Waals surface area contributed by atoms with Crippen LogP contribution in [-0.2, 0) is 9.59 Å². The minimum absolute atomic E-state index is 0.165. The van der Waals surface area contributed by atoms with E-state index in [1.807, 2.05) is 19.0 Å². The maximum absolute atomic E-state index is 12.4. The van der Waals surface area contributed by atoms with Gasteiger partial charge in [-0.15, -0.1) is 0 Å². The molecule has 26 heavy (non-hydrogen) atoms. The number of nitrogens with zero attached hydrogens (tertiary/aromatic N) is 2. The summed E-state index contributed by atoms with van der Waals surface area (Å²) in [5, 5.41) is 2.23. The van der Waals surface area contributed by atoms with Crippen molar-refractivity contribution >= 4 is 34.9 Å². The Hall–Kier alpha value is -2.52. The summed E-state index contributed by atoms with van der Waals surface area (Å²) in [6.45, 7) is 1.02. The van der Waals surface area contributed by atoms with E-state index < -0.39 is 11.1 Å². The molecule has 1 aromatic rings. The van der Waals surface area contributed by atoms with Crippen LogP contribution in [0.4, 0.5) is 4.79 Å². The van der Waals surface area contributed by atoms with E-state index in [1.165, 1.54) is 0 Å². The van der Waals surface area contributed by atoms with Crippen LogP contribution < -0.4 is 14.8 Å². The third-order valence-electron chi connectivity index (χ3n) is 3.75. The standard InChI is InChI=1S/C17H19N3O5S/c1-19(2)6-5-18-15(21)9-20-16(22)14(26-17(20)23)8-11-3-4-12-13(7-11)25-10-24-12/h3-4,7-8H,5-6,9-10H2,1-2H3,(H,18,21). The van der Waals surface area contributed by atoms with E-state index in [0.717, 1.165) is 22.2 Å². The average molecular weight is 377 g/mol.